The van der Waals surface area contributed by atoms with Gasteiger partial charge in [0.2, 0.25) is 10.0 Å². The SMILES string of the molecule is CC(C)Cc1ccc(S(=O)(=O)NCc2ccccc2Cn2cccn2)cc1. The van der Waals surface area contributed by atoms with E-state index >= 15 is 0 Å². The van der Waals surface area contributed by atoms with Gasteiger partial charge >= 0.3 is 0 Å². The Morgan fingerprint density at radius 1 is 1.00 bits per heavy atom. The van der Waals surface area contributed by atoms with Crippen LogP contribution in [0, 0.1) is 5.92 Å². The molecule has 0 fully saturated rings. The number of rotatable bonds is 8. The number of nitrogens with one attached hydrogen (secondary N) is 1. The van der Waals surface area contributed by atoms with Crippen molar-refractivity contribution in [3.8, 4) is 0 Å². The Hall–Kier alpha value is -2.44. The molecule has 0 aliphatic rings. The third kappa shape index (κ3) is 5.28. The van der Waals surface area contributed by atoms with Crippen molar-refractivity contribution in [3.05, 3.63) is 83.7 Å². The van der Waals surface area contributed by atoms with E-state index in [0.29, 0.717) is 17.4 Å². The molecule has 0 radical (unpaired) electrons. The predicted molar refractivity (Wildman–Crippen MR) is 107 cm³/mol. The van der Waals surface area contributed by atoms with Crippen LogP contribution in [0.4, 0.5) is 0 Å². The van der Waals surface area contributed by atoms with Gasteiger partial charge in [-0.05, 0) is 47.2 Å². The maximum absolute atomic E-state index is 12.6. The lowest BCUT2D eigenvalue weighted by molar-refractivity contribution is 0.580. The Morgan fingerprint density at radius 2 is 1.70 bits per heavy atom. The molecule has 0 amide bonds. The Kier molecular flexibility index (Phi) is 6.08. The molecule has 1 aromatic heterocycles. The number of nitrogens with zero attached hydrogens (tertiary/aromatic N) is 2. The van der Waals surface area contributed by atoms with E-state index in [1.165, 1.54) is 0 Å². The van der Waals surface area contributed by atoms with E-state index in [1.54, 1.807) is 18.3 Å². The maximum Gasteiger partial charge on any atom is 0.240 e. The molecule has 0 saturated carbocycles. The molecule has 0 atom stereocenters. The summed E-state index contributed by atoms with van der Waals surface area (Å²) in [6.07, 6.45) is 4.56. The first-order valence-corrected chi connectivity index (χ1v) is 10.5. The molecular weight excluding hydrogens is 358 g/mol. The van der Waals surface area contributed by atoms with Crippen molar-refractivity contribution in [2.75, 3.05) is 0 Å². The van der Waals surface area contributed by atoms with Gasteiger partial charge in [0, 0.05) is 18.9 Å². The third-order valence-electron chi connectivity index (χ3n) is 4.34. The lowest BCUT2D eigenvalue weighted by atomic mass is 10.0. The highest BCUT2D eigenvalue weighted by Crippen LogP contribution is 2.15. The van der Waals surface area contributed by atoms with E-state index in [4.69, 9.17) is 0 Å². The zero-order chi connectivity index (χ0) is 19.3. The second-order valence-corrected chi connectivity index (χ2v) is 8.81. The summed E-state index contributed by atoms with van der Waals surface area (Å²) in [5.74, 6) is 0.539. The largest absolute Gasteiger partial charge is 0.268 e. The van der Waals surface area contributed by atoms with Gasteiger partial charge in [0.15, 0.2) is 0 Å². The number of aromatic nitrogens is 2. The lowest BCUT2D eigenvalue weighted by Gasteiger charge is -2.12. The number of hydrogen-bond acceptors (Lipinski definition) is 3. The molecule has 0 bridgehead atoms. The lowest BCUT2D eigenvalue weighted by Crippen LogP contribution is -2.24. The molecule has 1 heterocycles. The highest BCUT2D eigenvalue weighted by molar-refractivity contribution is 7.89. The minimum Gasteiger partial charge on any atom is -0.268 e. The van der Waals surface area contributed by atoms with Gasteiger partial charge in [0.05, 0.1) is 11.4 Å². The van der Waals surface area contributed by atoms with Crippen molar-refractivity contribution in [3.63, 3.8) is 0 Å². The zero-order valence-corrected chi connectivity index (χ0v) is 16.5. The van der Waals surface area contributed by atoms with Crippen LogP contribution in [0.3, 0.4) is 0 Å². The predicted octanol–water partition coefficient (Wildman–Crippen LogP) is 3.61. The summed E-state index contributed by atoms with van der Waals surface area (Å²) >= 11 is 0. The molecule has 27 heavy (non-hydrogen) atoms. The minimum atomic E-state index is -3.55. The molecule has 3 rings (SSSR count). The number of benzene rings is 2. The van der Waals surface area contributed by atoms with Gasteiger partial charge in [0.1, 0.15) is 0 Å². The molecule has 0 spiro atoms. The third-order valence-corrected chi connectivity index (χ3v) is 5.76. The Morgan fingerprint density at radius 3 is 2.33 bits per heavy atom. The zero-order valence-electron chi connectivity index (χ0n) is 15.7. The van der Waals surface area contributed by atoms with Crippen molar-refractivity contribution in [2.24, 2.45) is 5.92 Å². The summed E-state index contributed by atoms with van der Waals surface area (Å²) in [4.78, 5) is 0.291. The van der Waals surface area contributed by atoms with Crippen LogP contribution in [0.25, 0.3) is 0 Å². The van der Waals surface area contributed by atoms with Gasteiger partial charge in [-0.25, -0.2) is 13.1 Å². The minimum absolute atomic E-state index is 0.244. The van der Waals surface area contributed by atoms with Crippen molar-refractivity contribution in [1.82, 2.24) is 14.5 Å². The van der Waals surface area contributed by atoms with Gasteiger partial charge in [-0.2, -0.15) is 5.10 Å². The molecular formula is C21H25N3O2S. The summed E-state index contributed by atoms with van der Waals surface area (Å²) in [6.45, 7) is 5.14. The Balaban J connectivity index is 1.70. The first-order chi connectivity index (χ1) is 12.9. The highest BCUT2D eigenvalue weighted by atomic mass is 32.2. The van der Waals surface area contributed by atoms with Crippen LogP contribution >= 0.6 is 0 Å². The fraction of sp³-hybridized carbons (Fsp3) is 0.286. The standard InChI is InChI=1S/C21H25N3O2S/c1-17(2)14-18-8-10-21(11-9-18)27(25,26)23-15-19-6-3-4-7-20(19)16-24-13-5-12-22-24/h3-13,17,23H,14-16H2,1-2H3. The van der Waals surface area contributed by atoms with Crippen LogP contribution in [0.1, 0.15) is 30.5 Å². The van der Waals surface area contributed by atoms with Gasteiger partial charge < -0.3 is 0 Å². The van der Waals surface area contributed by atoms with Crippen LogP contribution in [-0.2, 0) is 29.5 Å². The molecule has 5 nitrogen and oxygen atoms in total. The topological polar surface area (TPSA) is 64.0 Å². The average Bonchev–Trinajstić information content (AvgIpc) is 3.14. The number of hydrogen-bond donors (Lipinski definition) is 1. The van der Waals surface area contributed by atoms with Gasteiger partial charge in [-0.3, -0.25) is 4.68 Å². The summed E-state index contributed by atoms with van der Waals surface area (Å²) in [7, 11) is -3.55. The molecule has 6 heteroatoms. The fourth-order valence-corrected chi connectivity index (χ4v) is 3.99. The van der Waals surface area contributed by atoms with Crippen LogP contribution in [-0.4, -0.2) is 18.2 Å². The fourth-order valence-electron chi connectivity index (χ4n) is 2.98. The van der Waals surface area contributed by atoms with Gasteiger partial charge in [-0.15, -0.1) is 0 Å². The summed E-state index contributed by atoms with van der Waals surface area (Å²) in [5, 5.41) is 4.22. The van der Waals surface area contributed by atoms with Gasteiger partial charge in [-0.1, -0.05) is 50.2 Å². The maximum atomic E-state index is 12.6. The van der Waals surface area contributed by atoms with Crippen LogP contribution in [0.15, 0.2) is 71.9 Å². The monoisotopic (exact) mass is 383 g/mol. The van der Waals surface area contributed by atoms with Crippen molar-refractivity contribution in [1.29, 1.82) is 0 Å². The molecule has 3 aromatic rings. The quantitative estimate of drug-likeness (QED) is 0.646. The highest BCUT2D eigenvalue weighted by Gasteiger charge is 2.15. The van der Waals surface area contributed by atoms with Crippen molar-refractivity contribution >= 4 is 10.0 Å². The van der Waals surface area contributed by atoms with E-state index in [0.717, 1.165) is 23.1 Å². The smallest absolute Gasteiger partial charge is 0.240 e. The van der Waals surface area contributed by atoms with Gasteiger partial charge in [0.25, 0.3) is 0 Å². The summed E-state index contributed by atoms with van der Waals surface area (Å²) in [6, 6.07) is 16.8. The van der Waals surface area contributed by atoms with Crippen molar-refractivity contribution in [2.45, 2.75) is 38.3 Å². The number of sulfonamides is 1. The van der Waals surface area contributed by atoms with E-state index < -0.39 is 10.0 Å². The molecule has 2 aromatic carbocycles. The second-order valence-electron chi connectivity index (χ2n) is 7.04. The van der Waals surface area contributed by atoms with E-state index in [9.17, 15) is 8.42 Å². The normalized spacial score (nSPS) is 11.8. The first-order valence-electron chi connectivity index (χ1n) is 9.07. The van der Waals surface area contributed by atoms with Crippen LogP contribution in [0.5, 0.6) is 0 Å². The van der Waals surface area contributed by atoms with Crippen LogP contribution in [0.2, 0.25) is 0 Å². The Labute approximate surface area is 161 Å². The molecule has 142 valence electrons. The van der Waals surface area contributed by atoms with Crippen molar-refractivity contribution < 1.29 is 8.42 Å². The van der Waals surface area contributed by atoms with E-state index in [2.05, 4.69) is 23.7 Å². The molecule has 1 N–H and O–H groups in total. The Bertz CT molecular complexity index is 963. The van der Waals surface area contributed by atoms with Crippen LogP contribution < -0.4 is 4.72 Å². The first kappa shape index (κ1) is 19.3. The molecule has 0 saturated heterocycles. The van der Waals surface area contributed by atoms with E-state index in [1.807, 2.05) is 53.3 Å². The summed E-state index contributed by atoms with van der Waals surface area (Å²) < 4.78 is 29.8. The molecule has 0 aliphatic carbocycles. The second kappa shape index (κ2) is 8.50. The average molecular weight is 384 g/mol. The summed E-state index contributed by atoms with van der Waals surface area (Å²) in [5.41, 5.74) is 3.12. The molecule has 0 unspecified atom stereocenters. The molecule has 0 aliphatic heterocycles. The van der Waals surface area contributed by atoms with E-state index in [-0.39, 0.29) is 6.54 Å².